The van der Waals surface area contributed by atoms with E-state index in [0.717, 1.165) is 27.7 Å². The van der Waals surface area contributed by atoms with Crippen molar-refractivity contribution in [3.63, 3.8) is 0 Å². The van der Waals surface area contributed by atoms with Crippen LogP contribution >= 0.6 is 11.3 Å². The van der Waals surface area contributed by atoms with Crippen molar-refractivity contribution in [2.75, 3.05) is 0 Å². The van der Waals surface area contributed by atoms with Crippen LogP contribution in [0.3, 0.4) is 0 Å². The van der Waals surface area contributed by atoms with Crippen LogP contribution in [0.25, 0.3) is 16.2 Å². The Morgan fingerprint density at radius 1 is 1.06 bits per heavy atom. The first-order valence-corrected chi connectivity index (χ1v) is 6.37. The number of nitrogens with zero attached hydrogens (tertiary/aromatic N) is 3. The van der Waals surface area contributed by atoms with Crippen molar-refractivity contribution in [2.24, 2.45) is 0 Å². The zero-order valence-corrected chi connectivity index (χ0v) is 10.9. The van der Waals surface area contributed by atoms with Gasteiger partial charge < -0.3 is 0 Å². The maximum atomic E-state index is 4.61. The molecule has 1 aromatic carbocycles. The van der Waals surface area contributed by atoms with E-state index in [1.165, 1.54) is 4.88 Å². The molecule has 0 fully saturated rings. The number of aryl methyl sites for hydroxylation is 3. The first kappa shape index (κ1) is 10.5. The second-order valence-electron chi connectivity index (χ2n) is 4.12. The van der Waals surface area contributed by atoms with Gasteiger partial charge in [-0.2, -0.15) is 0 Å². The summed E-state index contributed by atoms with van der Waals surface area (Å²) in [4.78, 5) is 10.4. The predicted octanol–water partition coefficient (Wildman–Crippen LogP) is 3.41. The number of hydrogen-bond acceptors (Lipinski definition) is 3. The lowest BCUT2D eigenvalue weighted by Gasteiger charge is -2.00. The second kappa shape index (κ2) is 3.67. The minimum atomic E-state index is 0.986. The molecule has 0 aliphatic heterocycles. The third kappa shape index (κ3) is 1.56. The highest BCUT2D eigenvalue weighted by atomic mass is 32.1. The Morgan fingerprint density at radius 3 is 2.53 bits per heavy atom. The third-order valence-corrected chi connectivity index (χ3v) is 4.00. The quantitative estimate of drug-likeness (QED) is 0.655. The van der Waals surface area contributed by atoms with Crippen LogP contribution in [0.5, 0.6) is 0 Å². The van der Waals surface area contributed by atoms with Gasteiger partial charge in [0.25, 0.3) is 0 Å². The summed E-state index contributed by atoms with van der Waals surface area (Å²) in [5.74, 6) is 0.986. The van der Waals surface area contributed by atoms with E-state index >= 15 is 0 Å². The number of imidazole rings is 1. The molecule has 0 N–H and O–H groups in total. The number of para-hydroxylation sites is 2. The lowest BCUT2D eigenvalue weighted by molar-refractivity contribution is 0.976. The number of thiazole rings is 1. The molecule has 0 saturated carbocycles. The van der Waals surface area contributed by atoms with E-state index in [1.807, 2.05) is 32.0 Å². The molecule has 0 unspecified atom stereocenters. The van der Waals surface area contributed by atoms with Crippen molar-refractivity contribution in [1.82, 2.24) is 14.5 Å². The van der Waals surface area contributed by atoms with Gasteiger partial charge in [-0.15, -0.1) is 11.3 Å². The molecule has 86 valence electrons. The minimum Gasteiger partial charge on any atom is -0.272 e. The van der Waals surface area contributed by atoms with Gasteiger partial charge in [-0.1, -0.05) is 12.1 Å². The topological polar surface area (TPSA) is 30.7 Å². The number of aromatic nitrogens is 3. The molecule has 0 saturated heterocycles. The van der Waals surface area contributed by atoms with Crippen molar-refractivity contribution in [3.05, 3.63) is 40.7 Å². The maximum Gasteiger partial charge on any atom is 0.195 e. The van der Waals surface area contributed by atoms with Crippen molar-refractivity contribution < 1.29 is 0 Å². The van der Waals surface area contributed by atoms with E-state index in [-0.39, 0.29) is 0 Å². The minimum absolute atomic E-state index is 0.986. The fourth-order valence-corrected chi connectivity index (χ4v) is 2.91. The van der Waals surface area contributed by atoms with Gasteiger partial charge in [0.2, 0.25) is 0 Å². The molecule has 4 heteroatoms. The average molecular weight is 243 g/mol. The molecule has 0 aliphatic carbocycles. The Balaban J connectivity index is 2.33. The molecule has 0 aliphatic rings. The van der Waals surface area contributed by atoms with Crippen molar-refractivity contribution in [3.8, 4) is 5.13 Å². The van der Waals surface area contributed by atoms with Gasteiger partial charge in [-0.05, 0) is 32.9 Å². The average Bonchev–Trinajstić information content (AvgIpc) is 2.78. The maximum absolute atomic E-state index is 4.61. The van der Waals surface area contributed by atoms with E-state index in [4.69, 9.17) is 0 Å². The molecule has 0 radical (unpaired) electrons. The molecule has 2 aromatic heterocycles. The van der Waals surface area contributed by atoms with Crippen LogP contribution in [0.2, 0.25) is 0 Å². The SMILES string of the molecule is Cc1nc(-n2c(C)nc3ccccc32)sc1C. The van der Waals surface area contributed by atoms with Crippen molar-refractivity contribution in [2.45, 2.75) is 20.8 Å². The zero-order chi connectivity index (χ0) is 12.0. The predicted molar refractivity (Wildman–Crippen MR) is 71.0 cm³/mol. The summed E-state index contributed by atoms with van der Waals surface area (Å²) in [6, 6.07) is 8.16. The van der Waals surface area contributed by atoms with Gasteiger partial charge >= 0.3 is 0 Å². The largest absolute Gasteiger partial charge is 0.272 e. The van der Waals surface area contributed by atoms with Gasteiger partial charge in [0.15, 0.2) is 5.13 Å². The van der Waals surface area contributed by atoms with Gasteiger partial charge in [0, 0.05) is 4.88 Å². The van der Waals surface area contributed by atoms with Crippen LogP contribution in [-0.2, 0) is 0 Å². The monoisotopic (exact) mass is 243 g/mol. The highest BCUT2D eigenvalue weighted by molar-refractivity contribution is 7.14. The summed E-state index contributed by atoms with van der Waals surface area (Å²) in [7, 11) is 0. The summed E-state index contributed by atoms with van der Waals surface area (Å²) in [6.07, 6.45) is 0. The summed E-state index contributed by atoms with van der Waals surface area (Å²) in [5, 5.41) is 1.01. The van der Waals surface area contributed by atoms with Crippen LogP contribution in [0, 0.1) is 20.8 Å². The molecule has 3 aromatic rings. The second-order valence-corrected chi connectivity index (χ2v) is 5.30. The van der Waals surface area contributed by atoms with E-state index in [0.29, 0.717) is 0 Å². The lowest BCUT2D eigenvalue weighted by atomic mass is 10.3. The van der Waals surface area contributed by atoms with Gasteiger partial charge in [-0.25, -0.2) is 9.97 Å². The van der Waals surface area contributed by atoms with E-state index in [9.17, 15) is 0 Å². The fourth-order valence-electron chi connectivity index (χ4n) is 1.94. The summed E-state index contributed by atoms with van der Waals surface area (Å²) >= 11 is 1.71. The highest BCUT2D eigenvalue weighted by Crippen LogP contribution is 2.26. The fraction of sp³-hybridized carbons (Fsp3) is 0.231. The zero-order valence-electron chi connectivity index (χ0n) is 10.1. The van der Waals surface area contributed by atoms with Gasteiger partial charge in [-0.3, -0.25) is 4.57 Å². The Kier molecular flexibility index (Phi) is 2.26. The van der Waals surface area contributed by atoms with E-state index < -0.39 is 0 Å². The first-order chi connectivity index (χ1) is 8.16. The first-order valence-electron chi connectivity index (χ1n) is 5.55. The molecule has 2 heterocycles. The van der Waals surface area contributed by atoms with E-state index in [2.05, 4.69) is 27.5 Å². The molecule has 0 bridgehead atoms. The smallest absolute Gasteiger partial charge is 0.195 e. The molecule has 3 nitrogen and oxygen atoms in total. The number of hydrogen-bond donors (Lipinski definition) is 0. The Labute approximate surface area is 104 Å². The Bertz CT molecular complexity index is 674. The van der Waals surface area contributed by atoms with Crippen molar-refractivity contribution in [1.29, 1.82) is 0 Å². The van der Waals surface area contributed by atoms with Crippen LogP contribution in [0.1, 0.15) is 16.4 Å². The van der Waals surface area contributed by atoms with Crippen LogP contribution in [0.4, 0.5) is 0 Å². The molecule has 0 atom stereocenters. The molecule has 3 rings (SSSR count). The van der Waals surface area contributed by atoms with E-state index in [1.54, 1.807) is 11.3 Å². The van der Waals surface area contributed by atoms with Crippen LogP contribution in [-0.4, -0.2) is 14.5 Å². The number of fused-ring (bicyclic) bond motifs is 1. The summed E-state index contributed by atoms with van der Waals surface area (Å²) in [5.41, 5.74) is 3.25. The molecular formula is C13H13N3S. The highest BCUT2D eigenvalue weighted by Gasteiger charge is 2.12. The Morgan fingerprint density at radius 2 is 1.82 bits per heavy atom. The van der Waals surface area contributed by atoms with Gasteiger partial charge in [0.05, 0.1) is 16.7 Å². The Hall–Kier alpha value is -1.68. The van der Waals surface area contributed by atoms with Crippen LogP contribution < -0.4 is 0 Å². The molecular weight excluding hydrogens is 230 g/mol. The molecule has 0 spiro atoms. The lowest BCUT2D eigenvalue weighted by Crippen LogP contribution is -1.95. The molecule has 17 heavy (non-hydrogen) atoms. The number of rotatable bonds is 1. The van der Waals surface area contributed by atoms with Gasteiger partial charge in [0.1, 0.15) is 5.82 Å². The summed E-state index contributed by atoms with van der Waals surface area (Å²) in [6.45, 7) is 6.17. The standard InChI is InChI=1S/C13H13N3S/c1-8-9(2)17-13(14-8)16-10(3)15-11-6-4-5-7-12(11)16/h4-7H,1-3H3. The normalized spacial score (nSPS) is 11.2. The van der Waals surface area contributed by atoms with Crippen molar-refractivity contribution >= 4 is 22.4 Å². The third-order valence-electron chi connectivity index (χ3n) is 2.94. The molecule has 0 amide bonds. The summed E-state index contributed by atoms with van der Waals surface area (Å²) < 4.78 is 2.12. The van der Waals surface area contributed by atoms with Crippen LogP contribution in [0.15, 0.2) is 24.3 Å². The number of benzene rings is 1.